The molecule has 100 valence electrons. The van der Waals surface area contributed by atoms with Crippen LogP contribution in [0.2, 0.25) is 0 Å². The summed E-state index contributed by atoms with van der Waals surface area (Å²) in [4.78, 5) is 15.4. The Morgan fingerprint density at radius 1 is 1.42 bits per heavy atom. The third-order valence-corrected chi connectivity index (χ3v) is 2.42. The summed E-state index contributed by atoms with van der Waals surface area (Å²) < 4.78 is 1.62. The average molecular weight is 260 g/mol. The lowest BCUT2D eigenvalue weighted by molar-refractivity contribution is 0.240. The minimum absolute atomic E-state index is 0.197. The molecule has 7 nitrogen and oxygen atoms in total. The summed E-state index contributed by atoms with van der Waals surface area (Å²) >= 11 is 0. The number of urea groups is 1. The monoisotopic (exact) mass is 260 g/mol. The van der Waals surface area contributed by atoms with Gasteiger partial charge in [0.25, 0.3) is 0 Å². The quantitative estimate of drug-likeness (QED) is 0.835. The van der Waals surface area contributed by atoms with Crippen LogP contribution >= 0.6 is 0 Å². The number of nitrogens with one attached hydrogen (secondary N) is 2. The molecule has 0 saturated heterocycles. The number of aromatic nitrogens is 4. The van der Waals surface area contributed by atoms with Crippen molar-refractivity contribution >= 4 is 6.03 Å². The molecule has 0 aliphatic carbocycles. The molecule has 2 aromatic heterocycles. The molecule has 0 spiro atoms. The second-order valence-electron chi connectivity index (χ2n) is 3.98. The Hall–Kier alpha value is -2.44. The number of hydrogen-bond donors (Lipinski definition) is 2. The van der Waals surface area contributed by atoms with E-state index >= 15 is 0 Å². The summed E-state index contributed by atoms with van der Waals surface area (Å²) in [6, 6.07) is 3.51. The summed E-state index contributed by atoms with van der Waals surface area (Å²) in [7, 11) is 0. The van der Waals surface area contributed by atoms with Crippen LogP contribution in [-0.2, 0) is 6.54 Å². The largest absolute Gasteiger partial charge is 0.338 e. The van der Waals surface area contributed by atoms with Crippen molar-refractivity contribution in [2.75, 3.05) is 6.54 Å². The molecule has 7 heteroatoms. The Bertz CT molecular complexity index is 524. The minimum atomic E-state index is -0.197. The molecular weight excluding hydrogens is 244 g/mol. The fraction of sp³-hybridized carbons (Fsp3) is 0.333. The first-order valence-electron chi connectivity index (χ1n) is 6.13. The van der Waals surface area contributed by atoms with E-state index in [1.54, 1.807) is 23.3 Å². The molecular formula is C12H16N6O. The normalized spacial score (nSPS) is 10.2. The Balaban J connectivity index is 1.90. The van der Waals surface area contributed by atoms with Crippen molar-refractivity contribution in [2.45, 2.75) is 19.9 Å². The number of nitrogens with zero attached hydrogens (tertiary/aromatic N) is 4. The van der Waals surface area contributed by atoms with Gasteiger partial charge in [0.05, 0.1) is 24.6 Å². The van der Waals surface area contributed by atoms with Crippen molar-refractivity contribution in [1.82, 2.24) is 30.6 Å². The third-order valence-electron chi connectivity index (χ3n) is 2.42. The van der Waals surface area contributed by atoms with Gasteiger partial charge in [0.2, 0.25) is 0 Å². The highest BCUT2D eigenvalue weighted by atomic mass is 16.2. The molecule has 0 aliphatic heterocycles. The van der Waals surface area contributed by atoms with Crippen LogP contribution in [0.25, 0.3) is 5.69 Å². The minimum Gasteiger partial charge on any atom is -0.338 e. The van der Waals surface area contributed by atoms with Crippen LogP contribution in [0.3, 0.4) is 0 Å². The maximum atomic E-state index is 11.4. The lowest BCUT2D eigenvalue weighted by Crippen LogP contribution is -2.35. The topological polar surface area (TPSA) is 84.7 Å². The van der Waals surface area contributed by atoms with E-state index in [2.05, 4.69) is 25.9 Å². The van der Waals surface area contributed by atoms with Crippen LogP contribution in [0, 0.1) is 0 Å². The summed E-state index contributed by atoms with van der Waals surface area (Å²) in [6.45, 7) is 3.00. The lowest BCUT2D eigenvalue weighted by atomic mass is 10.4. The molecule has 0 unspecified atom stereocenters. The predicted octanol–water partition coefficient (Wildman–Crippen LogP) is 0.871. The van der Waals surface area contributed by atoms with Gasteiger partial charge in [0.1, 0.15) is 5.69 Å². The molecule has 0 radical (unpaired) electrons. The summed E-state index contributed by atoms with van der Waals surface area (Å²) in [5, 5.41) is 13.4. The number of carbonyl (C=O) groups excluding carboxylic acids is 1. The number of carbonyl (C=O) groups is 1. The van der Waals surface area contributed by atoms with Crippen LogP contribution in [0.4, 0.5) is 4.79 Å². The first-order chi connectivity index (χ1) is 9.29. The van der Waals surface area contributed by atoms with E-state index < -0.39 is 0 Å². The highest BCUT2D eigenvalue weighted by molar-refractivity contribution is 5.73. The van der Waals surface area contributed by atoms with E-state index in [4.69, 9.17) is 0 Å². The van der Waals surface area contributed by atoms with Crippen LogP contribution in [0.5, 0.6) is 0 Å². The van der Waals surface area contributed by atoms with Crippen molar-refractivity contribution in [1.29, 1.82) is 0 Å². The van der Waals surface area contributed by atoms with Crippen molar-refractivity contribution in [3.63, 3.8) is 0 Å². The van der Waals surface area contributed by atoms with Crippen LogP contribution in [0.15, 0.2) is 30.7 Å². The molecule has 2 heterocycles. The number of hydrogen-bond acceptors (Lipinski definition) is 4. The number of amides is 2. The maximum absolute atomic E-state index is 11.4. The van der Waals surface area contributed by atoms with E-state index in [9.17, 15) is 4.79 Å². The number of rotatable bonds is 5. The van der Waals surface area contributed by atoms with Crippen molar-refractivity contribution in [3.05, 3.63) is 36.4 Å². The average Bonchev–Trinajstić information content (AvgIpc) is 2.93. The zero-order valence-corrected chi connectivity index (χ0v) is 10.7. The van der Waals surface area contributed by atoms with Gasteiger partial charge in [0.15, 0.2) is 0 Å². The van der Waals surface area contributed by atoms with E-state index in [-0.39, 0.29) is 6.03 Å². The first kappa shape index (κ1) is 13.0. The Kier molecular flexibility index (Phi) is 4.44. The molecule has 2 rings (SSSR count). The van der Waals surface area contributed by atoms with Gasteiger partial charge >= 0.3 is 6.03 Å². The fourth-order valence-electron chi connectivity index (χ4n) is 1.47. The SMILES string of the molecule is CCCNC(=O)NCc1cn(-c2cccnc2)nn1. The molecule has 2 N–H and O–H groups in total. The summed E-state index contributed by atoms with van der Waals surface area (Å²) in [5.41, 5.74) is 1.52. The van der Waals surface area contributed by atoms with Gasteiger partial charge in [-0.1, -0.05) is 12.1 Å². The van der Waals surface area contributed by atoms with Gasteiger partial charge in [-0.25, -0.2) is 9.48 Å². The second kappa shape index (κ2) is 6.48. The van der Waals surface area contributed by atoms with E-state index in [0.29, 0.717) is 18.8 Å². The lowest BCUT2D eigenvalue weighted by Gasteiger charge is -2.03. The fourth-order valence-corrected chi connectivity index (χ4v) is 1.47. The zero-order valence-electron chi connectivity index (χ0n) is 10.7. The molecule has 2 amide bonds. The smallest absolute Gasteiger partial charge is 0.315 e. The first-order valence-corrected chi connectivity index (χ1v) is 6.13. The molecule has 19 heavy (non-hydrogen) atoms. The molecule has 0 fully saturated rings. The number of pyridine rings is 1. The van der Waals surface area contributed by atoms with Crippen molar-refractivity contribution in [3.8, 4) is 5.69 Å². The van der Waals surface area contributed by atoms with Gasteiger partial charge in [-0.3, -0.25) is 4.98 Å². The summed E-state index contributed by atoms with van der Waals surface area (Å²) in [6.07, 6.45) is 6.06. The molecule has 0 aromatic carbocycles. The molecule has 2 aromatic rings. The Morgan fingerprint density at radius 3 is 3.05 bits per heavy atom. The highest BCUT2D eigenvalue weighted by Gasteiger charge is 2.04. The van der Waals surface area contributed by atoms with Crippen LogP contribution in [0.1, 0.15) is 19.0 Å². The van der Waals surface area contributed by atoms with Crippen molar-refractivity contribution < 1.29 is 4.79 Å². The highest BCUT2D eigenvalue weighted by Crippen LogP contribution is 2.03. The standard InChI is InChI=1S/C12H16N6O/c1-2-5-14-12(19)15-7-10-9-18(17-16-10)11-4-3-6-13-8-11/h3-4,6,8-9H,2,5,7H2,1H3,(H2,14,15,19). The Morgan fingerprint density at radius 2 is 2.32 bits per heavy atom. The van der Waals surface area contributed by atoms with Crippen molar-refractivity contribution in [2.24, 2.45) is 0 Å². The van der Waals surface area contributed by atoms with Gasteiger partial charge in [-0.2, -0.15) is 0 Å². The Labute approximate surface area is 111 Å². The van der Waals surface area contributed by atoms with Crippen LogP contribution in [-0.4, -0.2) is 32.6 Å². The van der Waals surface area contributed by atoms with E-state index in [1.165, 1.54) is 0 Å². The summed E-state index contributed by atoms with van der Waals surface area (Å²) in [5.74, 6) is 0. The van der Waals surface area contributed by atoms with Gasteiger partial charge in [0, 0.05) is 12.7 Å². The third kappa shape index (κ3) is 3.77. The maximum Gasteiger partial charge on any atom is 0.315 e. The zero-order chi connectivity index (χ0) is 13.5. The van der Waals surface area contributed by atoms with Gasteiger partial charge in [-0.05, 0) is 18.6 Å². The molecule has 0 aliphatic rings. The van der Waals surface area contributed by atoms with Gasteiger partial charge in [-0.15, -0.1) is 5.10 Å². The second-order valence-corrected chi connectivity index (χ2v) is 3.98. The predicted molar refractivity (Wildman–Crippen MR) is 69.7 cm³/mol. The molecule has 0 saturated carbocycles. The van der Waals surface area contributed by atoms with Crippen LogP contribution < -0.4 is 10.6 Å². The van der Waals surface area contributed by atoms with E-state index in [0.717, 1.165) is 12.1 Å². The molecule has 0 atom stereocenters. The molecule has 0 bridgehead atoms. The van der Waals surface area contributed by atoms with E-state index in [1.807, 2.05) is 19.1 Å². The van der Waals surface area contributed by atoms with Gasteiger partial charge < -0.3 is 10.6 Å².